The highest BCUT2D eigenvalue weighted by Crippen LogP contribution is 2.69. The van der Waals surface area contributed by atoms with Crippen LogP contribution in [-0.4, -0.2) is 119 Å². The number of rotatable bonds is 30. The van der Waals surface area contributed by atoms with Crippen molar-refractivity contribution in [3.8, 4) is 0 Å². The monoisotopic (exact) mass is 1230 g/mol. The number of hydrogen-bond acceptors (Lipinski definition) is 0. The fraction of sp³-hybridized carbons (Fsp3) is 0.941. The van der Waals surface area contributed by atoms with E-state index in [4.69, 9.17) is 0 Å². The summed E-state index contributed by atoms with van der Waals surface area (Å²) in [5, 5.41) is 0. The van der Waals surface area contributed by atoms with E-state index < -0.39 is 170 Å². The SMILES string of the molecule is FC(F)(F)C(F)(F)C(F)(F)C(F)(F)C(F)(F)C(F)(F)C(F)(F)C(F)(F)C(F)(F)C(F)(F)CCCCCC/C=C/CCCCCCC(F)(F)C(F)(F)C(F)(F)C(F)(F)C(F)(F)C(F)(F)C(F)(F)C(F)(F)C(F)(F)C(F)(F)F. The van der Waals surface area contributed by atoms with Gasteiger partial charge in [0.05, 0.1) is 0 Å². The van der Waals surface area contributed by atoms with Crippen molar-refractivity contribution < 1.29 is 184 Å². The van der Waals surface area contributed by atoms with Gasteiger partial charge in [0.25, 0.3) is 0 Å². The second-order valence-electron chi connectivity index (χ2n) is 16.0. The Balaban J connectivity index is 5.58. The fourth-order valence-corrected chi connectivity index (χ4v) is 5.66. The van der Waals surface area contributed by atoms with Crippen LogP contribution in [0.2, 0.25) is 0 Å². The Labute approximate surface area is 393 Å². The van der Waals surface area contributed by atoms with Gasteiger partial charge >= 0.3 is 119 Å². The second kappa shape index (κ2) is 21.0. The van der Waals surface area contributed by atoms with Crippen LogP contribution in [-0.2, 0) is 0 Å². The molecule has 76 heavy (non-hydrogen) atoms. The summed E-state index contributed by atoms with van der Waals surface area (Å²) >= 11 is 0. The minimum absolute atomic E-state index is 0.274. The first-order valence-electron chi connectivity index (χ1n) is 19.3. The summed E-state index contributed by atoms with van der Waals surface area (Å²) in [4.78, 5) is 0. The largest absolute Gasteiger partial charge is 0.460 e. The number of hydrogen-bond donors (Lipinski definition) is 0. The van der Waals surface area contributed by atoms with Crippen LogP contribution in [0, 0.1) is 0 Å². The maximum absolute atomic E-state index is 14.1. The van der Waals surface area contributed by atoms with Crippen LogP contribution in [0.3, 0.4) is 0 Å². The molecule has 0 rings (SSSR count). The highest BCUT2D eigenvalue weighted by molar-refractivity contribution is 5.20. The van der Waals surface area contributed by atoms with Gasteiger partial charge < -0.3 is 0 Å². The highest BCUT2D eigenvalue weighted by Gasteiger charge is 3.00. The lowest BCUT2D eigenvalue weighted by molar-refractivity contribution is -0.474. The van der Waals surface area contributed by atoms with Gasteiger partial charge in [-0.3, -0.25) is 0 Å². The molecule has 0 saturated carbocycles. The van der Waals surface area contributed by atoms with Crippen molar-refractivity contribution >= 4 is 0 Å². The third-order valence-electron chi connectivity index (χ3n) is 10.5. The molecule has 0 radical (unpaired) electrons. The van der Waals surface area contributed by atoms with Crippen molar-refractivity contribution in [2.45, 2.75) is 196 Å². The quantitative estimate of drug-likeness (QED) is 0.0382. The van der Waals surface area contributed by atoms with E-state index in [1.807, 2.05) is 0 Å². The lowest BCUT2D eigenvalue weighted by Gasteiger charge is -2.44. The zero-order valence-corrected chi connectivity index (χ0v) is 35.5. The van der Waals surface area contributed by atoms with Gasteiger partial charge in [-0.1, -0.05) is 37.8 Å². The van der Waals surface area contributed by atoms with Gasteiger partial charge in [-0.25, -0.2) is 0 Å². The molecule has 42 heteroatoms. The molecule has 0 aromatic carbocycles. The van der Waals surface area contributed by atoms with Crippen molar-refractivity contribution in [3.63, 3.8) is 0 Å². The summed E-state index contributed by atoms with van der Waals surface area (Å²) in [6.45, 7) is 0. The Hall–Kier alpha value is -3.20. The Bertz CT molecular complexity index is 1790. The molecule has 0 aliphatic rings. The Morgan fingerprint density at radius 2 is 0.303 bits per heavy atom. The fourth-order valence-electron chi connectivity index (χ4n) is 5.66. The molecular formula is C34H26F42. The van der Waals surface area contributed by atoms with Crippen LogP contribution >= 0.6 is 0 Å². The van der Waals surface area contributed by atoms with E-state index in [9.17, 15) is 184 Å². The summed E-state index contributed by atoms with van der Waals surface area (Å²) < 4.78 is 567. The van der Waals surface area contributed by atoms with Gasteiger partial charge in [0.15, 0.2) is 0 Å². The average Bonchev–Trinajstić information content (AvgIpc) is 3.21. The minimum atomic E-state index is -9.34. The second-order valence-corrected chi connectivity index (χ2v) is 16.0. The molecule has 0 aliphatic carbocycles. The van der Waals surface area contributed by atoms with Gasteiger partial charge in [-0.15, -0.1) is 0 Å². The summed E-state index contributed by atoms with van der Waals surface area (Å²) in [6, 6.07) is 0. The van der Waals surface area contributed by atoms with E-state index in [1.54, 1.807) is 0 Å². The van der Waals surface area contributed by atoms with Crippen LogP contribution in [0.1, 0.15) is 77.0 Å². The van der Waals surface area contributed by atoms with Crippen LogP contribution in [0.15, 0.2) is 12.2 Å². The standard InChI is InChI=1S/C34H26F42/c35-15(36,17(39,40)19(43,44)21(47,48)23(51,52)25(55,56)27(59,60)29(63,64)31(67,68)33(71,72)73)13-11-9-7-5-3-1-2-4-6-8-10-12-14-16(37,38)18(41,42)20(45,46)22(49,50)24(53,54)26(57,58)28(61,62)30(65,66)32(69,70)34(74,75)76/h1-2H,3-14H2/b2-1+. The normalized spacial score (nSPS) is 16.6. The summed E-state index contributed by atoms with van der Waals surface area (Å²) in [7, 11) is 0. The molecular weight excluding hydrogens is 1210 g/mol. The number of unbranched alkanes of at least 4 members (excludes halogenated alkanes) is 8. The molecule has 0 amide bonds. The first-order chi connectivity index (χ1) is 32.7. The third-order valence-corrected chi connectivity index (χ3v) is 10.5. The van der Waals surface area contributed by atoms with E-state index in [-0.39, 0.29) is 25.7 Å². The molecule has 0 atom stereocenters. The van der Waals surface area contributed by atoms with Crippen molar-refractivity contribution in [1.82, 2.24) is 0 Å². The maximum atomic E-state index is 14.1. The average molecular weight is 1230 g/mol. The lowest BCUT2D eigenvalue weighted by Crippen LogP contribution is -2.76. The van der Waals surface area contributed by atoms with E-state index >= 15 is 0 Å². The lowest BCUT2D eigenvalue weighted by atomic mass is 9.85. The minimum Gasteiger partial charge on any atom is -0.200 e. The van der Waals surface area contributed by atoms with E-state index in [2.05, 4.69) is 0 Å². The van der Waals surface area contributed by atoms with Crippen LogP contribution in [0.4, 0.5) is 184 Å². The summed E-state index contributed by atoms with van der Waals surface area (Å²) in [6.07, 6.45) is -27.1. The molecule has 0 spiro atoms. The molecule has 0 heterocycles. The van der Waals surface area contributed by atoms with Crippen LogP contribution in [0.5, 0.6) is 0 Å². The van der Waals surface area contributed by atoms with E-state index in [0.717, 1.165) is 12.2 Å². The summed E-state index contributed by atoms with van der Waals surface area (Å²) in [5.41, 5.74) is 0. The molecule has 0 saturated heterocycles. The van der Waals surface area contributed by atoms with Crippen molar-refractivity contribution in [2.75, 3.05) is 0 Å². The summed E-state index contributed by atoms with van der Waals surface area (Å²) in [5.74, 6) is -157. The smallest absolute Gasteiger partial charge is 0.200 e. The molecule has 0 aromatic heterocycles. The maximum Gasteiger partial charge on any atom is 0.460 e. The molecule has 0 unspecified atom stereocenters. The predicted molar refractivity (Wildman–Crippen MR) is 166 cm³/mol. The Morgan fingerprint density at radius 1 is 0.158 bits per heavy atom. The zero-order valence-electron chi connectivity index (χ0n) is 35.5. The van der Waals surface area contributed by atoms with Crippen molar-refractivity contribution in [3.05, 3.63) is 12.2 Å². The molecule has 456 valence electrons. The molecule has 0 aliphatic heterocycles. The topological polar surface area (TPSA) is 0 Å². The first-order valence-corrected chi connectivity index (χ1v) is 19.3. The number of allylic oxidation sites excluding steroid dienone is 2. The molecule has 0 N–H and O–H groups in total. The molecule has 0 aromatic rings. The van der Waals surface area contributed by atoms with Crippen LogP contribution in [0.25, 0.3) is 0 Å². The Kier molecular flexibility index (Phi) is 20.2. The van der Waals surface area contributed by atoms with Gasteiger partial charge in [-0.05, 0) is 38.5 Å². The predicted octanol–water partition coefficient (Wildman–Crippen LogP) is 18.8. The molecule has 0 bridgehead atoms. The van der Waals surface area contributed by atoms with Crippen molar-refractivity contribution in [1.29, 1.82) is 0 Å². The Morgan fingerprint density at radius 3 is 0.474 bits per heavy atom. The van der Waals surface area contributed by atoms with E-state index in [0.29, 0.717) is 0 Å². The van der Waals surface area contributed by atoms with E-state index in [1.165, 1.54) is 0 Å². The van der Waals surface area contributed by atoms with Gasteiger partial charge in [-0.2, -0.15) is 184 Å². The third kappa shape index (κ3) is 10.9. The number of halogens is 42. The van der Waals surface area contributed by atoms with Crippen LogP contribution < -0.4 is 0 Å². The highest BCUT2D eigenvalue weighted by atomic mass is 19.5. The molecule has 0 nitrogen and oxygen atoms in total. The van der Waals surface area contributed by atoms with Gasteiger partial charge in [0.1, 0.15) is 0 Å². The van der Waals surface area contributed by atoms with Crippen molar-refractivity contribution in [2.24, 2.45) is 0 Å². The number of alkyl halides is 42. The first kappa shape index (κ1) is 72.8. The van der Waals surface area contributed by atoms with Gasteiger partial charge in [0, 0.05) is 12.8 Å². The van der Waals surface area contributed by atoms with Gasteiger partial charge in [0.2, 0.25) is 0 Å². The molecule has 0 fully saturated rings. The zero-order chi connectivity index (χ0) is 61.9.